The van der Waals surface area contributed by atoms with Crippen LogP contribution in [0.1, 0.15) is 26.2 Å². The minimum atomic E-state index is -0.788. The van der Waals surface area contributed by atoms with Gasteiger partial charge in [-0.25, -0.2) is 0 Å². The molecule has 2 aliphatic heterocycles. The van der Waals surface area contributed by atoms with E-state index in [0.717, 1.165) is 0 Å². The molecule has 0 aromatic carbocycles. The first-order chi connectivity index (χ1) is 8.49. The molecule has 2 fully saturated rings. The van der Waals surface area contributed by atoms with E-state index in [1.807, 2.05) is 6.92 Å². The van der Waals surface area contributed by atoms with Gasteiger partial charge < -0.3 is 15.3 Å². The molecule has 2 aliphatic rings. The Balaban J connectivity index is 1.94. The first kappa shape index (κ1) is 12.9. The summed E-state index contributed by atoms with van der Waals surface area (Å²) in [4.78, 5) is 35.9. The fraction of sp³-hybridized carbons (Fsp3) is 0.750. The molecule has 0 spiro atoms. The Morgan fingerprint density at radius 3 is 2.61 bits per heavy atom. The second-order valence-electron chi connectivity index (χ2n) is 5.15. The molecule has 6 nitrogen and oxygen atoms in total. The van der Waals surface area contributed by atoms with Crippen molar-refractivity contribution in [3.05, 3.63) is 0 Å². The minimum absolute atomic E-state index is 0.0442. The standard InChI is InChI=1S/C12H18N2O4/c1-7-6-14(5-4-8(7)12(17)18)11(16)9-2-3-10(15)13-9/h7-9H,2-6H2,1H3,(H,13,15)(H,17,18)/t7?,8?,9-/m0/s1. The van der Waals surface area contributed by atoms with Gasteiger partial charge in [0.25, 0.3) is 0 Å². The van der Waals surface area contributed by atoms with E-state index in [0.29, 0.717) is 32.4 Å². The average Bonchev–Trinajstić information content (AvgIpc) is 2.74. The number of rotatable bonds is 2. The molecule has 2 N–H and O–H groups in total. The largest absolute Gasteiger partial charge is 0.481 e. The number of amides is 2. The third kappa shape index (κ3) is 2.47. The van der Waals surface area contributed by atoms with Crippen molar-refractivity contribution in [2.45, 2.75) is 32.2 Å². The number of carbonyl (C=O) groups is 3. The molecule has 0 saturated carbocycles. The lowest BCUT2D eigenvalue weighted by Crippen LogP contribution is -2.50. The summed E-state index contributed by atoms with van der Waals surface area (Å²) in [6.45, 7) is 2.78. The first-order valence-electron chi connectivity index (χ1n) is 6.30. The molecule has 2 unspecified atom stereocenters. The van der Waals surface area contributed by atoms with Crippen LogP contribution in [0.2, 0.25) is 0 Å². The lowest BCUT2D eigenvalue weighted by molar-refractivity contribution is -0.148. The third-order valence-electron chi connectivity index (χ3n) is 3.83. The van der Waals surface area contributed by atoms with Gasteiger partial charge in [0.05, 0.1) is 5.92 Å². The Morgan fingerprint density at radius 1 is 1.39 bits per heavy atom. The van der Waals surface area contributed by atoms with Crippen molar-refractivity contribution in [2.75, 3.05) is 13.1 Å². The Labute approximate surface area is 105 Å². The maximum atomic E-state index is 12.1. The van der Waals surface area contributed by atoms with E-state index in [2.05, 4.69) is 5.32 Å². The summed E-state index contributed by atoms with van der Waals surface area (Å²) in [6.07, 6.45) is 1.44. The van der Waals surface area contributed by atoms with Crippen molar-refractivity contribution in [3.63, 3.8) is 0 Å². The van der Waals surface area contributed by atoms with Crippen molar-refractivity contribution in [3.8, 4) is 0 Å². The fourth-order valence-electron chi connectivity index (χ4n) is 2.73. The summed E-state index contributed by atoms with van der Waals surface area (Å²) in [5, 5.41) is 11.7. The zero-order valence-electron chi connectivity index (χ0n) is 10.4. The molecular weight excluding hydrogens is 236 g/mol. The molecule has 2 saturated heterocycles. The molecule has 0 bridgehead atoms. The number of nitrogens with one attached hydrogen (secondary N) is 1. The predicted octanol–water partition coefficient (Wildman–Crippen LogP) is -0.166. The Bertz CT molecular complexity index is 382. The van der Waals surface area contributed by atoms with Crippen molar-refractivity contribution in [1.82, 2.24) is 10.2 Å². The highest BCUT2D eigenvalue weighted by atomic mass is 16.4. The molecule has 0 radical (unpaired) electrons. The zero-order valence-corrected chi connectivity index (χ0v) is 10.4. The topological polar surface area (TPSA) is 86.7 Å². The minimum Gasteiger partial charge on any atom is -0.481 e. The Kier molecular flexibility index (Phi) is 3.54. The number of hydrogen-bond acceptors (Lipinski definition) is 3. The fourth-order valence-corrected chi connectivity index (χ4v) is 2.73. The summed E-state index contributed by atoms with van der Waals surface area (Å²) >= 11 is 0. The van der Waals surface area contributed by atoms with Gasteiger partial charge in [0, 0.05) is 19.5 Å². The summed E-state index contributed by atoms with van der Waals surface area (Å²) in [5.41, 5.74) is 0. The lowest BCUT2D eigenvalue weighted by Gasteiger charge is -2.36. The van der Waals surface area contributed by atoms with Gasteiger partial charge in [0.1, 0.15) is 6.04 Å². The zero-order chi connectivity index (χ0) is 13.3. The van der Waals surface area contributed by atoms with Crippen LogP contribution in [0.5, 0.6) is 0 Å². The molecule has 3 atom stereocenters. The highest BCUT2D eigenvalue weighted by Gasteiger charge is 2.36. The van der Waals surface area contributed by atoms with Gasteiger partial charge in [-0.05, 0) is 18.8 Å². The molecule has 2 rings (SSSR count). The number of carboxylic acids is 1. The molecule has 0 aliphatic carbocycles. The Hall–Kier alpha value is -1.59. The van der Waals surface area contributed by atoms with Crippen LogP contribution in [0, 0.1) is 11.8 Å². The van der Waals surface area contributed by atoms with Gasteiger partial charge in [-0.15, -0.1) is 0 Å². The maximum Gasteiger partial charge on any atom is 0.306 e. The van der Waals surface area contributed by atoms with Crippen LogP contribution in [-0.2, 0) is 14.4 Å². The molecule has 6 heteroatoms. The normalized spacial score (nSPS) is 32.2. The second-order valence-corrected chi connectivity index (χ2v) is 5.15. The van der Waals surface area contributed by atoms with Crippen LogP contribution in [-0.4, -0.2) is 46.9 Å². The summed E-state index contributed by atoms with van der Waals surface area (Å²) in [7, 11) is 0. The summed E-state index contributed by atoms with van der Waals surface area (Å²) < 4.78 is 0. The SMILES string of the molecule is CC1CN(C(=O)[C@@H]2CCC(=O)N2)CCC1C(=O)O. The highest BCUT2D eigenvalue weighted by molar-refractivity contribution is 5.91. The predicted molar refractivity (Wildman–Crippen MR) is 62.7 cm³/mol. The Morgan fingerprint density at radius 2 is 2.11 bits per heavy atom. The van der Waals surface area contributed by atoms with E-state index in [1.54, 1.807) is 4.90 Å². The molecule has 100 valence electrons. The van der Waals surface area contributed by atoms with Crippen molar-refractivity contribution < 1.29 is 19.5 Å². The first-order valence-corrected chi connectivity index (χ1v) is 6.30. The maximum absolute atomic E-state index is 12.1. The molecule has 18 heavy (non-hydrogen) atoms. The molecular formula is C12H18N2O4. The number of likely N-dealkylation sites (tertiary alicyclic amines) is 1. The van der Waals surface area contributed by atoms with E-state index < -0.39 is 12.0 Å². The van der Waals surface area contributed by atoms with E-state index in [-0.39, 0.29) is 23.7 Å². The van der Waals surface area contributed by atoms with E-state index in [4.69, 9.17) is 5.11 Å². The van der Waals surface area contributed by atoms with Crippen molar-refractivity contribution >= 4 is 17.8 Å². The molecule has 2 amide bonds. The lowest BCUT2D eigenvalue weighted by atomic mass is 9.87. The number of nitrogens with zero attached hydrogens (tertiary/aromatic N) is 1. The second kappa shape index (κ2) is 4.96. The summed E-state index contributed by atoms with van der Waals surface area (Å²) in [6, 6.07) is -0.411. The molecule has 2 heterocycles. The third-order valence-corrected chi connectivity index (χ3v) is 3.83. The van der Waals surface area contributed by atoms with E-state index in [9.17, 15) is 14.4 Å². The van der Waals surface area contributed by atoms with E-state index in [1.165, 1.54) is 0 Å². The molecule has 0 aromatic heterocycles. The van der Waals surface area contributed by atoms with Crippen LogP contribution in [0.15, 0.2) is 0 Å². The van der Waals surface area contributed by atoms with Crippen molar-refractivity contribution in [2.24, 2.45) is 11.8 Å². The smallest absolute Gasteiger partial charge is 0.306 e. The van der Waals surface area contributed by atoms with Gasteiger partial charge in [0.15, 0.2) is 0 Å². The van der Waals surface area contributed by atoms with Gasteiger partial charge >= 0.3 is 5.97 Å². The number of hydrogen-bond donors (Lipinski definition) is 2. The van der Waals surface area contributed by atoms with Crippen molar-refractivity contribution in [1.29, 1.82) is 0 Å². The van der Waals surface area contributed by atoms with Gasteiger partial charge in [0.2, 0.25) is 11.8 Å². The van der Waals surface area contributed by atoms with Crippen LogP contribution in [0.3, 0.4) is 0 Å². The quantitative estimate of drug-likeness (QED) is 0.716. The van der Waals surface area contributed by atoms with Crippen LogP contribution >= 0.6 is 0 Å². The highest BCUT2D eigenvalue weighted by Crippen LogP contribution is 2.24. The number of carbonyl (C=O) groups excluding carboxylic acids is 2. The average molecular weight is 254 g/mol. The monoisotopic (exact) mass is 254 g/mol. The number of aliphatic carboxylic acids is 1. The molecule has 0 aromatic rings. The van der Waals surface area contributed by atoms with E-state index >= 15 is 0 Å². The number of carboxylic acid groups (broad SMARTS) is 1. The van der Waals surface area contributed by atoms with Crippen LogP contribution in [0.4, 0.5) is 0 Å². The van der Waals surface area contributed by atoms with Crippen LogP contribution < -0.4 is 5.32 Å². The summed E-state index contributed by atoms with van der Waals surface area (Å²) in [5.74, 6) is -1.35. The number of piperidine rings is 1. The van der Waals surface area contributed by atoms with Crippen LogP contribution in [0.25, 0.3) is 0 Å². The van der Waals surface area contributed by atoms with Gasteiger partial charge in [-0.2, -0.15) is 0 Å². The van der Waals surface area contributed by atoms with Gasteiger partial charge in [-0.3, -0.25) is 14.4 Å². The van der Waals surface area contributed by atoms with Gasteiger partial charge in [-0.1, -0.05) is 6.92 Å².